The molecule has 0 saturated carbocycles. The third kappa shape index (κ3) is 2.38. The van der Waals surface area contributed by atoms with Gasteiger partial charge in [0.15, 0.2) is 5.78 Å². The predicted octanol–water partition coefficient (Wildman–Crippen LogP) is 3.06. The van der Waals surface area contributed by atoms with Gasteiger partial charge in [-0.15, -0.1) is 10.6 Å². The Labute approximate surface area is 123 Å². The summed E-state index contributed by atoms with van der Waals surface area (Å²) in [6.45, 7) is 0. The standard InChI is InChI=1S/C15H14N2O3S/c16-14(15(18)10-3-2-7-17-9-10)12-4-1-5-13-11(12)6-8-21(13,19)20/h1-9,14,19-20H,16H2. The minimum absolute atomic E-state index is 0.256. The lowest BCUT2D eigenvalue weighted by Crippen LogP contribution is -2.22. The minimum atomic E-state index is -2.91. The summed E-state index contributed by atoms with van der Waals surface area (Å²) in [7, 11) is -2.91. The molecular formula is C15H14N2O3S. The first-order valence-electron chi connectivity index (χ1n) is 6.30. The number of hydrogen-bond donors (Lipinski definition) is 3. The lowest BCUT2D eigenvalue weighted by atomic mass is 9.95. The Bertz CT molecular complexity index is 729. The van der Waals surface area contributed by atoms with E-state index in [1.165, 1.54) is 11.6 Å². The van der Waals surface area contributed by atoms with Crippen LogP contribution in [0.15, 0.2) is 53.0 Å². The summed E-state index contributed by atoms with van der Waals surface area (Å²) in [6.07, 6.45) is 4.66. The van der Waals surface area contributed by atoms with Crippen LogP contribution in [0.2, 0.25) is 0 Å². The number of fused-ring (bicyclic) bond motifs is 1. The van der Waals surface area contributed by atoms with E-state index in [9.17, 15) is 13.9 Å². The smallest absolute Gasteiger partial charge is 0.185 e. The van der Waals surface area contributed by atoms with Gasteiger partial charge < -0.3 is 5.73 Å². The highest BCUT2D eigenvalue weighted by atomic mass is 32.3. The molecule has 1 aliphatic rings. The van der Waals surface area contributed by atoms with Gasteiger partial charge in [-0.2, -0.15) is 0 Å². The summed E-state index contributed by atoms with van der Waals surface area (Å²) in [5, 5.41) is 1.35. The van der Waals surface area contributed by atoms with E-state index in [0.717, 1.165) is 0 Å². The number of Topliss-reactive ketones (excluding diaryl/α,β-unsaturated/α-hetero) is 1. The molecule has 0 aliphatic carbocycles. The minimum Gasteiger partial charge on any atom is -0.317 e. The maximum absolute atomic E-state index is 12.4. The first-order chi connectivity index (χ1) is 10.0. The second-order valence-electron chi connectivity index (χ2n) is 4.74. The monoisotopic (exact) mass is 302 g/mol. The zero-order valence-corrected chi connectivity index (χ0v) is 11.8. The molecule has 0 amide bonds. The molecule has 5 nitrogen and oxygen atoms in total. The van der Waals surface area contributed by atoms with Crippen LogP contribution in [-0.4, -0.2) is 19.9 Å². The van der Waals surface area contributed by atoms with Gasteiger partial charge in [0.2, 0.25) is 0 Å². The number of rotatable bonds is 3. The molecule has 1 aromatic heterocycles. The molecule has 6 heteroatoms. The highest BCUT2D eigenvalue weighted by Crippen LogP contribution is 2.56. The van der Waals surface area contributed by atoms with Crippen molar-refractivity contribution in [3.63, 3.8) is 0 Å². The van der Waals surface area contributed by atoms with Crippen molar-refractivity contribution in [3.8, 4) is 0 Å². The van der Waals surface area contributed by atoms with Crippen molar-refractivity contribution in [3.05, 3.63) is 64.8 Å². The van der Waals surface area contributed by atoms with E-state index in [1.54, 1.807) is 42.6 Å². The summed E-state index contributed by atoms with van der Waals surface area (Å²) < 4.78 is 19.8. The highest BCUT2D eigenvalue weighted by molar-refractivity contribution is 8.27. The number of nitrogens with two attached hydrogens (primary N) is 1. The Hall–Kier alpha value is -1.99. The van der Waals surface area contributed by atoms with Crippen LogP contribution in [0.1, 0.15) is 27.5 Å². The first kappa shape index (κ1) is 14.0. The average Bonchev–Trinajstić information content (AvgIpc) is 2.82. The number of carbonyl (C=O) groups excluding carboxylic acids is 1. The van der Waals surface area contributed by atoms with Crippen molar-refractivity contribution in [2.75, 3.05) is 0 Å². The van der Waals surface area contributed by atoms with E-state index in [1.807, 2.05) is 0 Å². The molecule has 21 heavy (non-hydrogen) atoms. The predicted molar refractivity (Wildman–Crippen MR) is 82.1 cm³/mol. The molecular weight excluding hydrogens is 288 g/mol. The second kappa shape index (κ2) is 5.09. The van der Waals surface area contributed by atoms with Gasteiger partial charge in [-0.1, -0.05) is 12.1 Å². The molecule has 1 aliphatic heterocycles. The number of hydrogen-bond acceptors (Lipinski definition) is 5. The summed E-state index contributed by atoms with van der Waals surface area (Å²) in [6, 6.07) is 7.49. The van der Waals surface area contributed by atoms with Crippen molar-refractivity contribution in [2.45, 2.75) is 10.9 Å². The van der Waals surface area contributed by atoms with Crippen LogP contribution in [-0.2, 0) is 0 Å². The lowest BCUT2D eigenvalue weighted by molar-refractivity contribution is 0.0960. The number of nitrogens with zero attached hydrogens (tertiary/aromatic N) is 1. The van der Waals surface area contributed by atoms with Gasteiger partial charge in [0.25, 0.3) is 0 Å². The lowest BCUT2D eigenvalue weighted by Gasteiger charge is -2.26. The van der Waals surface area contributed by atoms with Gasteiger partial charge in [0.05, 0.1) is 10.9 Å². The molecule has 0 radical (unpaired) electrons. The van der Waals surface area contributed by atoms with Crippen LogP contribution in [0, 0.1) is 0 Å². The Balaban J connectivity index is 2.01. The molecule has 1 atom stereocenters. The molecule has 0 bridgehead atoms. The Kier molecular flexibility index (Phi) is 3.38. The molecule has 0 fully saturated rings. The maximum Gasteiger partial charge on any atom is 0.185 e. The molecule has 0 saturated heterocycles. The number of benzene rings is 1. The second-order valence-corrected chi connectivity index (χ2v) is 6.64. The normalized spacial score (nSPS) is 18.0. The zero-order chi connectivity index (χ0) is 15.0. The SMILES string of the molecule is NC(C(=O)c1cccnc1)c1cccc2c1C=CS2(O)O. The number of aromatic nitrogens is 1. The van der Waals surface area contributed by atoms with Crippen LogP contribution in [0.3, 0.4) is 0 Å². The number of pyridine rings is 1. The van der Waals surface area contributed by atoms with Crippen LogP contribution in [0.25, 0.3) is 6.08 Å². The highest BCUT2D eigenvalue weighted by Gasteiger charge is 2.27. The first-order valence-corrected chi connectivity index (χ1v) is 7.91. The van der Waals surface area contributed by atoms with Gasteiger partial charge in [-0.05, 0) is 29.8 Å². The zero-order valence-electron chi connectivity index (χ0n) is 11.0. The van der Waals surface area contributed by atoms with Gasteiger partial charge in [0, 0.05) is 28.9 Å². The topological polar surface area (TPSA) is 96.4 Å². The number of carbonyl (C=O) groups is 1. The van der Waals surface area contributed by atoms with E-state index in [2.05, 4.69) is 4.98 Å². The van der Waals surface area contributed by atoms with Gasteiger partial charge >= 0.3 is 0 Å². The van der Waals surface area contributed by atoms with Gasteiger partial charge in [-0.25, -0.2) is 0 Å². The fraction of sp³-hybridized carbons (Fsp3) is 0.0667. The quantitative estimate of drug-likeness (QED) is 0.757. The van der Waals surface area contributed by atoms with Gasteiger partial charge in [0.1, 0.15) is 0 Å². The molecule has 2 aromatic rings. The van der Waals surface area contributed by atoms with Crippen molar-refractivity contribution in [2.24, 2.45) is 5.73 Å². The van der Waals surface area contributed by atoms with E-state index in [4.69, 9.17) is 5.73 Å². The third-order valence-corrected chi connectivity index (χ3v) is 4.93. The molecule has 3 rings (SSSR count). The van der Waals surface area contributed by atoms with Crippen molar-refractivity contribution in [1.29, 1.82) is 0 Å². The van der Waals surface area contributed by atoms with Crippen molar-refractivity contribution in [1.82, 2.24) is 4.98 Å². The van der Waals surface area contributed by atoms with Crippen molar-refractivity contribution < 1.29 is 13.9 Å². The van der Waals surface area contributed by atoms with Crippen LogP contribution in [0.4, 0.5) is 0 Å². The number of ketones is 1. The fourth-order valence-electron chi connectivity index (χ4n) is 2.34. The van der Waals surface area contributed by atoms with E-state index in [-0.39, 0.29) is 5.78 Å². The largest absolute Gasteiger partial charge is 0.317 e. The summed E-state index contributed by atoms with van der Waals surface area (Å²) in [4.78, 5) is 16.7. The molecule has 108 valence electrons. The molecule has 1 aromatic carbocycles. The molecule has 1 unspecified atom stereocenters. The van der Waals surface area contributed by atoms with Crippen molar-refractivity contribution >= 4 is 22.4 Å². The van der Waals surface area contributed by atoms with E-state index in [0.29, 0.717) is 21.6 Å². The van der Waals surface area contributed by atoms with E-state index < -0.39 is 16.6 Å². The third-order valence-electron chi connectivity index (χ3n) is 3.41. The van der Waals surface area contributed by atoms with Gasteiger partial charge in [-0.3, -0.25) is 18.9 Å². The average molecular weight is 302 g/mol. The van der Waals surface area contributed by atoms with Crippen LogP contribution in [0.5, 0.6) is 0 Å². The molecule has 2 heterocycles. The Morgan fingerprint density at radius 1 is 1.24 bits per heavy atom. The molecule has 0 spiro atoms. The van der Waals surface area contributed by atoms with Crippen LogP contribution >= 0.6 is 10.6 Å². The molecule has 4 N–H and O–H groups in total. The summed E-state index contributed by atoms with van der Waals surface area (Å²) in [5.41, 5.74) is 7.69. The van der Waals surface area contributed by atoms with Crippen LogP contribution < -0.4 is 5.73 Å². The fourth-order valence-corrected chi connectivity index (χ4v) is 3.60. The Morgan fingerprint density at radius 2 is 2.05 bits per heavy atom. The Morgan fingerprint density at radius 3 is 2.76 bits per heavy atom. The summed E-state index contributed by atoms with van der Waals surface area (Å²) >= 11 is 0. The summed E-state index contributed by atoms with van der Waals surface area (Å²) in [5.74, 6) is -0.256. The van der Waals surface area contributed by atoms with E-state index >= 15 is 0 Å². The maximum atomic E-state index is 12.4.